The Morgan fingerprint density at radius 2 is 1.72 bits per heavy atom. The minimum absolute atomic E-state index is 0.00479. The van der Waals surface area contributed by atoms with E-state index < -0.39 is 0 Å². The van der Waals surface area contributed by atoms with Crippen molar-refractivity contribution >= 4 is 40.7 Å². The standard InChI is InChI=1S/C22H25Cl2N3O2/c1-15-2-4-16(5-3-15)13-25-22(29)17-8-10-27(11-9-17)14-21(28)26-18-6-7-19(23)20(24)12-18/h2-7,12,17H,8-11,13-14H2,1H3,(H,25,29)(H,26,28). The van der Waals surface area contributed by atoms with E-state index in [1.807, 2.05) is 31.2 Å². The molecular formula is C22H25Cl2N3O2. The highest BCUT2D eigenvalue weighted by molar-refractivity contribution is 6.42. The molecule has 2 N–H and O–H groups in total. The molecule has 2 amide bonds. The second-order valence-electron chi connectivity index (χ2n) is 7.43. The van der Waals surface area contributed by atoms with Crippen LogP contribution in [-0.2, 0) is 16.1 Å². The summed E-state index contributed by atoms with van der Waals surface area (Å²) >= 11 is 11.9. The molecule has 2 aromatic rings. The maximum absolute atomic E-state index is 12.4. The molecule has 0 saturated carbocycles. The second-order valence-corrected chi connectivity index (χ2v) is 8.25. The number of likely N-dealkylation sites (tertiary alicyclic amines) is 1. The molecule has 0 spiro atoms. The van der Waals surface area contributed by atoms with Crippen molar-refractivity contribution in [1.29, 1.82) is 0 Å². The van der Waals surface area contributed by atoms with Crippen molar-refractivity contribution in [3.63, 3.8) is 0 Å². The van der Waals surface area contributed by atoms with Crippen molar-refractivity contribution in [3.8, 4) is 0 Å². The van der Waals surface area contributed by atoms with Crippen LogP contribution in [0.25, 0.3) is 0 Å². The lowest BCUT2D eigenvalue weighted by Gasteiger charge is -2.30. The third-order valence-corrected chi connectivity index (χ3v) is 5.86. The Kier molecular flexibility index (Phi) is 7.53. The van der Waals surface area contributed by atoms with Gasteiger partial charge in [-0.25, -0.2) is 0 Å². The molecule has 1 saturated heterocycles. The van der Waals surface area contributed by atoms with Crippen LogP contribution in [0, 0.1) is 12.8 Å². The van der Waals surface area contributed by atoms with Crippen molar-refractivity contribution in [1.82, 2.24) is 10.2 Å². The van der Waals surface area contributed by atoms with Crippen LogP contribution in [0.5, 0.6) is 0 Å². The fourth-order valence-corrected chi connectivity index (χ4v) is 3.67. The van der Waals surface area contributed by atoms with Gasteiger partial charge in [-0.2, -0.15) is 0 Å². The van der Waals surface area contributed by atoms with Gasteiger partial charge >= 0.3 is 0 Å². The van der Waals surface area contributed by atoms with Crippen LogP contribution in [0.3, 0.4) is 0 Å². The van der Waals surface area contributed by atoms with E-state index in [1.54, 1.807) is 18.2 Å². The third kappa shape index (κ3) is 6.46. The van der Waals surface area contributed by atoms with Crippen LogP contribution in [0.2, 0.25) is 10.0 Å². The molecule has 1 fully saturated rings. The number of benzene rings is 2. The number of piperidine rings is 1. The largest absolute Gasteiger partial charge is 0.352 e. The zero-order valence-electron chi connectivity index (χ0n) is 16.4. The van der Waals surface area contributed by atoms with E-state index in [2.05, 4.69) is 15.5 Å². The first kappa shape index (κ1) is 21.6. The maximum Gasteiger partial charge on any atom is 0.238 e. The van der Waals surface area contributed by atoms with Crippen LogP contribution in [0.4, 0.5) is 5.69 Å². The average Bonchev–Trinajstić information content (AvgIpc) is 2.70. The van der Waals surface area contributed by atoms with Crippen molar-refractivity contribution in [3.05, 3.63) is 63.6 Å². The summed E-state index contributed by atoms with van der Waals surface area (Å²) < 4.78 is 0. The van der Waals surface area contributed by atoms with Crippen molar-refractivity contribution in [2.75, 3.05) is 25.0 Å². The zero-order chi connectivity index (χ0) is 20.8. The predicted molar refractivity (Wildman–Crippen MR) is 117 cm³/mol. The lowest BCUT2D eigenvalue weighted by molar-refractivity contribution is -0.126. The minimum atomic E-state index is -0.106. The van der Waals surface area contributed by atoms with Gasteiger partial charge in [0.2, 0.25) is 11.8 Å². The Morgan fingerprint density at radius 3 is 2.38 bits per heavy atom. The number of carbonyl (C=O) groups excluding carboxylic acids is 2. The van der Waals surface area contributed by atoms with E-state index >= 15 is 0 Å². The highest BCUT2D eigenvalue weighted by Crippen LogP contribution is 2.25. The first-order valence-electron chi connectivity index (χ1n) is 9.71. The quantitative estimate of drug-likeness (QED) is 0.714. The molecule has 5 nitrogen and oxygen atoms in total. The predicted octanol–water partition coefficient (Wildman–Crippen LogP) is 4.27. The highest BCUT2D eigenvalue weighted by atomic mass is 35.5. The maximum atomic E-state index is 12.4. The van der Waals surface area contributed by atoms with Gasteiger partial charge in [-0.1, -0.05) is 53.0 Å². The van der Waals surface area contributed by atoms with Gasteiger partial charge in [0.15, 0.2) is 0 Å². The summed E-state index contributed by atoms with van der Waals surface area (Å²) in [4.78, 5) is 26.8. The SMILES string of the molecule is Cc1ccc(CNC(=O)C2CCN(CC(=O)Nc3ccc(Cl)c(Cl)c3)CC2)cc1. The van der Waals surface area contributed by atoms with E-state index in [1.165, 1.54) is 5.56 Å². The number of nitrogens with zero attached hydrogens (tertiary/aromatic N) is 1. The van der Waals surface area contributed by atoms with Gasteiger partial charge < -0.3 is 10.6 Å². The number of hydrogen-bond acceptors (Lipinski definition) is 3. The topological polar surface area (TPSA) is 61.4 Å². The number of halogens is 2. The lowest BCUT2D eigenvalue weighted by Crippen LogP contribution is -2.43. The van der Waals surface area contributed by atoms with Gasteiger partial charge in [0.25, 0.3) is 0 Å². The molecule has 1 aliphatic heterocycles. The summed E-state index contributed by atoms with van der Waals surface area (Å²) in [5, 5.41) is 6.71. The third-order valence-electron chi connectivity index (χ3n) is 5.12. The molecule has 1 aliphatic rings. The van der Waals surface area contributed by atoms with Gasteiger partial charge in [0.1, 0.15) is 0 Å². The number of amides is 2. The first-order valence-corrected chi connectivity index (χ1v) is 10.5. The van der Waals surface area contributed by atoms with Crippen LogP contribution >= 0.6 is 23.2 Å². The Morgan fingerprint density at radius 1 is 1.03 bits per heavy atom. The lowest BCUT2D eigenvalue weighted by atomic mass is 9.96. The minimum Gasteiger partial charge on any atom is -0.352 e. The average molecular weight is 434 g/mol. The number of nitrogens with one attached hydrogen (secondary N) is 2. The molecule has 0 aromatic heterocycles. The van der Waals surface area contributed by atoms with E-state index in [9.17, 15) is 9.59 Å². The van der Waals surface area contributed by atoms with Crippen LogP contribution in [0.15, 0.2) is 42.5 Å². The Hall–Kier alpha value is -2.08. The van der Waals surface area contributed by atoms with E-state index in [0.717, 1.165) is 31.5 Å². The summed E-state index contributed by atoms with van der Waals surface area (Å²) in [7, 11) is 0. The molecule has 7 heteroatoms. The van der Waals surface area contributed by atoms with Crippen molar-refractivity contribution in [2.24, 2.45) is 5.92 Å². The van der Waals surface area contributed by atoms with E-state index in [4.69, 9.17) is 23.2 Å². The smallest absolute Gasteiger partial charge is 0.238 e. The number of rotatable bonds is 6. The molecular weight excluding hydrogens is 409 g/mol. The van der Waals surface area contributed by atoms with Crippen LogP contribution in [0.1, 0.15) is 24.0 Å². The monoisotopic (exact) mass is 433 g/mol. The molecule has 154 valence electrons. The normalized spacial score (nSPS) is 15.1. The van der Waals surface area contributed by atoms with Gasteiger partial charge in [-0.05, 0) is 56.6 Å². The summed E-state index contributed by atoms with van der Waals surface area (Å²) in [5.74, 6) is -0.0222. The molecule has 0 aliphatic carbocycles. The fourth-order valence-electron chi connectivity index (χ4n) is 3.37. The van der Waals surface area contributed by atoms with Crippen molar-refractivity contribution in [2.45, 2.75) is 26.3 Å². The molecule has 2 aromatic carbocycles. The molecule has 3 rings (SSSR count). The molecule has 0 radical (unpaired) electrons. The Labute approximate surface area is 181 Å². The first-order chi connectivity index (χ1) is 13.9. The number of hydrogen-bond donors (Lipinski definition) is 2. The summed E-state index contributed by atoms with van der Waals surface area (Å²) in [6, 6.07) is 13.2. The second kappa shape index (κ2) is 10.1. The van der Waals surface area contributed by atoms with Crippen LogP contribution < -0.4 is 10.6 Å². The Balaban J connectivity index is 1.40. The zero-order valence-corrected chi connectivity index (χ0v) is 17.9. The summed E-state index contributed by atoms with van der Waals surface area (Å²) in [6.07, 6.45) is 1.50. The molecule has 1 heterocycles. The molecule has 0 bridgehead atoms. The Bertz CT molecular complexity index is 863. The van der Waals surface area contributed by atoms with Crippen LogP contribution in [-0.4, -0.2) is 36.3 Å². The van der Waals surface area contributed by atoms with Gasteiger partial charge in [0.05, 0.1) is 16.6 Å². The van der Waals surface area contributed by atoms with E-state index in [0.29, 0.717) is 22.3 Å². The van der Waals surface area contributed by atoms with Gasteiger partial charge in [-0.15, -0.1) is 0 Å². The van der Waals surface area contributed by atoms with Gasteiger partial charge in [0, 0.05) is 18.2 Å². The summed E-state index contributed by atoms with van der Waals surface area (Å²) in [6.45, 7) is 4.32. The number of anilines is 1. The van der Waals surface area contributed by atoms with Crippen molar-refractivity contribution < 1.29 is 9.59 Å². The van der Waals surface area contributed by atoms with E-state index in [-0.39, 0.29) is 24.3 Å². The number of aryl methyl sites for hydroxylation is 1. The molecule has 0 unspecified atom stereocenters. The fraction of sp³-hybridized carbons (Fsp3) is 0.364. The highest BCUT2D eigenvalue weighted by Gasteiger charge is 2.25. The van der Waals surface area contributed by atoms with Gasteiger partial charge in [-0.3, -0.25) is 14.5 Å². The summed E-state index contributed by atoms with van der Waals surface area (Å²) in [5.41, 5.74) is 2.92. The molecule has 0 atom stereocenters. The number of carbonyl (C=O) groups is 2. The molecule has 29 heavy (non-hydrogen) atoms.